The molecule has 1 saturated heterocycles. The Morgan fingerprint density at radius 2 is 1.95 bits per heavy atom. The molecule has 198 valence electrons. The van der Waals surface area contributed by atoms with Gasteiger partial charge in [0.2, 0.25) is 0 Å². The molecule has 0 aliphatic carbocycles. The third-order valence-electron chi connectivity index (χ3n) is 6.73. The molecule has 2 aromatic heterocycles. The molecule has 1 N–H and O–H groups in total. The molecule has 5 rings (SSSR count). The van der Waals surface area contributed by atoms with Crippen molar-refractivity contribution in [3.63, 3.8) is 0 Å². The van der Waals surface area contributed by atoms with Crippen molar-refractivity contribution in [2.45, 2.75) is 32.9 Å². The number of carbonyl (C=O) groups excluding carboxylic acids is 2. The number of nitrogens with zero attached hydrogens (tertiary/aromatic N) is 3. The second kappa shape index (κ2) is 10.3. The predicted molar refractivity (Wildman–Crippen MR) is 148 cm³/mol. The largest absolute Gasteiger partial charge is 0.452 e. The summed E-state index contributed by atoms with van der Waals surface area (Å²) in [7, 11) is -3.10. The van der Waals surface area contributed by atoms with Crippen LogP contribution in [0.2, 0.25) is 5.15 Å². The maximum absolute atomic E-state index is 12.5. The van der Waals surface area contributed by atoms with Gasteiger partial charge in [0.15, 0.2) is 16.4 Å². The zero-order valence-corrected chi connectivity index (χ0v) is 22.6. The summed E-state index contributed by atoms with van der Waals surface area (Å²) in [6.07, 6.45) is 3.07. The number of hydrogen-bond donors (Lipinski definition) is 1. The van der Waals surface area contributed by atoms with Crippen molar-refractivity contribution in [3.8, 4) is 0 Å². The number of amides is 1. The molecule has 3 heterocycles. The third kappa shape index (κ3) is 5.06. The van der Waals surface area contributed by atoms with Crippen LogP contribution >= 0.6 is 11.6 Å². The maximum Gasteiger partial charge on any atom is 0.331 e. The average molecular weight is 555 g/mol. The molecule has 1 amide bonds. The molecule has 0 spiro atoms. The molecule has 1 aliphatic rings. The van der Waals surface area contributed by atoms with Crippen LogP contribution in [0, 0.1) is 6.92 Å². The Hall–Kier alpha value is -3.63. The minimum absolute atomic E-state index is 0.0122. The lowest BCUT2D eigenvalue weighted by Crippen LogP contribution is -2.20. The SMILES string of the molecule is CCn1c2ccccc2c2cc(NC(=O)COC(=O)/C=C/c3c(C)nn(C4CCS(=O)(=O)C4)c3Cl)ccc21. The maximum atomic E-state index is 12.5. The second-order valence-electron chi connectivity index (χ2n) is 9.27. The van der Waals surface area contributed by atoms with Crippen LogP contribution in [0.5, 0.6) is 0 Å². The minimum atomic E-state index is -3.10. The fourth-order valence-corrected chi connectivity index (χ4v) is 7.00. The fourth-order valence-electron chi connectivity index (χ4n) is 4.94. The summed E-state index contributed by atoms with van der Waals surface area (Å²) in [6.45, 7) is 4.18. The zero-order chi connectivity index (χ0) is 27.0. The normalized spacial score (nSPS) is 17.0. The topological polar surface area (TPSA) is 112 Å². The van der Waals surface area contributed by atoms with Gasteiger partial charge in [0, 0.05) is 45.7 Å². The first-order valence-electron chi connectivity index (χ1n) is 12.3. The van der Waals surface area contributed by atoms with E-state index < -0.39 is 28.3 Å². The number of aryl methyl sites for hydroxylation is 2. The van der Waals surface area contributed by atoms with Crippen LogP contribution in [0.1, 0.15) is 30.6 Å². The summed E-state index contributed by atoms with van der Waals surface area (Å²) in [5.41, 5.74) is 3.87. The highest BCUT2D eigenvalue weighted by molar-refractivity contribution is 7.91. The fraction of sp³-hybridized carbons (Fsp3) is 0.296. The first-order chi connectivity index (χ1) is 18.2. The van der Waals surface area contributed by atoms with E-state index in [4.69, 9.17) is 16.3 Å². The van der Waals surface area contributed by atoms with Crippen molar-refractivity contribution in [2.24, 2.45) is 0 Å². The minimum Gasteiger partial charge on any atom is -0.452 e. The van der Waals surface area contributed by atoms with Crippen molar-refractivity contribution in [2.75, 3.05) is 23.4 Å². The van der Waals surface area contributed by atoms with Crippen LogP contribution in [-0.2, 0) is 30.7 Å². The molecule has 1 aliphatic heterocycles. The summed E-state index contributed by atoms with van der Waals surface area (Å²) in [4.78, 5) is 24.7. The smallest absolute Gasteiger partial charge is 0.331 e. The average Bonchev–Trinajstić information content (AvgIpc) is 3.51. The van der Waals surface area contributed by atoms with Crippen LogP contribution in [0.3, 0.4) is 0 Å². The van der Waals surface area contributed by atoms with E-state index in [0.29, 0.717) is 23.4 Å². The van der Waals surface area contributed by atoms with Gasteiger partial charge in [-0.3, -0.25) is 4.79 Å². The molecule has 4 aromatic rings. The predicted octanol–water partition coefficient (Wildman–Crippen LogP) is 4.53. The van der Waals surface area contributed by atoms with Crippen LogP contribution in [-0.4, -0.2) is 52.8 Å². The van der Waals surface area contributed by atoms with Crippen molar-refractivity contribution in [1.29, 1.82) is 0 Å². The summed E-state index contributed by atoms with van der Waals surface area (Å²) < 4.78 is 32.4. The number of nitrogens with one attached hydrogen (secondary N) is 1. The number of esters is 1. The molecule has 1 atom stereocenters. The number of para-hydroxylation sites is 1. The molecule has 9 nitrogen and oxygen atoms in total. The van der Waals surface area contributed by atoms with E-state index in [1.165, 1.54) is 16.8 Å². The molecule has 2 aromatic carbocycles. The van der Waals surface area contributed by atoms with Crippen LogP contribution in [0.4, 0.5) is 5.69 Å². The van der Waals surface area contributed by atoms with Crippen molar-refractivity contribution >= 4 is 66.9 Å². The Morgan fingerprint density at radius 1 is 1.18 bits per heavy atom. The summed E-state index contributed by atoms with van der Waals surface area (Å²) in [5.74, 6) is -1.09. The van der Waals surface area contributed by atoms with E-state index in [0.717, 1.165) is 28.4 Å². The van der Waals surface area contributed by atoms with Gasteiger partial charge >= 0.3 is 5.97 Å². The Kier molecular flexibility index (Phi) is 7.02. The standard InChI is InChI=1S/C27H27ClN4O5S/c1-3-31-23-7-5-4-6-21(23)22-14-18(8-10-24(22)31)29-25(33)15-37-26(34)11-9-20-17(2)30-32(27(20)28)19-12-13-38(35,36)16-19/h4-11,14,19H,3,12-13,15-16H2,1-2H3,(H,29,33)/b11-9+. The van der Waals surface area contributed by atoms with E-state index in [-0.39, 0.29) is 22.7 Å². The van der Waals surface area contributed by atoms with Crippen molar-refractivity contribution in [3.05, 3.63) is 65.0 Å². The molecule has 0 bridgehead atoms. The molecule has 38 heavy (non-hydrogen) atoms. The van der Waals surface area contributed by atoms with E-state index in [1.54, 1.807) is 6.92 Å². The summed E-state index contributed by atoms with van der Waals surface area (Å²) >= 11 is 6.43. The van der Waals surface area contributed by atoms with Gasteiger partial charge in [-0.15, -0.1) is 0 Å². The van der Waals surface area contributed by atoms with Gasteiger partial charge < -0.3 is 14.6 Å². The summed E-state index contributed by atoms with van der Waals surface area (Å²) in [6, 6.07) is 13.5. The number of fused-ring (bicyclic) bond motifs is 3. The lowest BCUT2D eigenvalue weighted by Gasteiger charge is -2.09. The van der Waals surface area contributed by atoms with Gasteiger partial charge in [-0.05, 0) is 50.6 Å². The van der Waals surface area contributed by atoms with Crippen LogP contribution < -0.4 is 5.32 Å². The quantitative estimate of drug-likeness (QED) is 0.265. The van der Waals surface area contributed by atoms with Crippen LogP contribution in [0.25, 0.3) is 27.9 Å². The molecule has 1 fully saturated rings. The first kappa shape index (κ1) is 26.0. The van der Waals surface area contributed by atoms with E-state index in [2.05, 4.69) is 34.0 Å². The highest BCUT2D eigenvalue weighted by Gasteiger charge is 2.31. The number of rotatable bonds is 7. The number of hydrogen-bond acceptors (Lipinski definition) is 6. The number of aromatic nitrogens is 3. The number of sulfone groups is 1. The molecular formula is C27H27ClN4O5S. The highest BCUT2D eigenvalue weighted by Crippen LogP contribution is 2.32. The first-order valence-corrected chi connectivity index (χ1v) is 14.5. The Bertz CT molecular complexity index is 1700. The molecule has 0 radical (unpaired) electrons. The number of anilines is 1. The van der Waals surface area contributed by atoms with Gasteiger partial charge in [0.1, 0.15) is 5.15 Å². The lowest BCUT2D eigenvalue weighted by atomic mass is 10.1. The Balaban J connectivity index is 1.22. The highest BCUT2D eigenvalue weighted by atomic mass is 35.5. The van der Waals surface area contributed by atoms with Crippen LogP contribution in [0.15, 0.2) is 48.5 Å². The van der Waals surface area contributed by atoms with E-state index in [9.17, 15) is 18.0 Å². The summed E-state index contributed by atoms with van der Waals surface area (Å²) in [5, 5.41) is 9.52. The Morgan fingerprint density at radius 3 is 2.68 bits per heavy atom. The molecule has 11 heteroatoms. The van der Waals surface area contributed by atoms with Gasteiger partial charge in [0.25, 0.3) is 5.91 Å². The molecule has 0 saturated carbocycles. The van der Waals surface area contributed by atoms with Crippen molar-refractivity contribution < 1.29 is 22.7 Å². The van der Waals surface area contributed by atoms with Crippen molar-refractivity contribution in [1.82, 2.24) is 14.3 Å². The van der Waals surface area contributed by atoms with Gasteiger partial charge in [-0.25, -0.2) is 17.9 Å². The van der Waals surface area contributed by atoms with Gasteiger partial charge in [-0.2, -0.15) is 5.10 Å². The number of halogens is 1. The zero-order valence-electron chi connectivity index (χ0n) is 21.0. The van der Waals surface area contributed by atoms with Gasteiger partial charge in [0.05, 0.1) is 23.2 Å². The molecular weight excluding hydrogens is 528 g/mol. The number of carbonyl (C=O) groups is 2. The lowest BCUT2D eigenvalue weighted by molar-refractivity contribution is -0.142. The van der Waals surface area contributed by atoms with Gasteiger partial charge in [-0.1, -0.05) is 29.8 Å². The second-order valence-corrected chi connectivity index (χ2v) is 11.9. The Labute approximate surface area is 224 Å². The number of benzene rings is 2. The van der Waals surface area contributed by atoms with E-state index in [1.807, 2.05) is 30.3 Å². The third-order valence-corrected chi connectivity index (χ3v) is 8.86. The monoisotopic (exact) mass is 554 g/mol. The molecule has 1 unspecified atom stereocenters. The van der Waals surface area contributed by atoms with E-state index >= 15 is 0 Å². The number of ether oxygens (including phenoxy) is 1.